The molecule has 1 unspecified atom stereocenters. The molecule has 0 aliphatic heterocycles. The number of aryl methyl sites for hydroxylation is 1. The lowest BCUT2D eigenvalue weighted by Crippen LogP contribution is -2.10. The molecule has 0 N–H and O–H groups in total. The number of carbonyl (C=O) groups excluding carboxylic acids is 3. The van der Waals surface area contributed by atoms with Crippen molar-refractivity contribution in [2.24, 2.45) is 0 Å². The highest BCUT2D eigenvalue weighted by Crippen LogP contribution is 2.38. The topological polar surface area (TPSA) is 78.9 Å². The Labute approximate surface area is 232 Å². The van der Waals surface area contributed by atoms with Crippen LogP contribution in [0, 0.1) is 5.82 Å². The molecular weight excluding hydrogens is 511 g/mol. The van der Waals surface area contributed by atoms with Crippen molar-refractivity contribution in [2.45, 2.75) is 32.6 Å². The van der Waals surface area contributed by atoms with Gasteiger partial charge in [0.1, 0.15) is 17.3 Å². The van der Waals surface area contributed by atoms with Gasteiger partial charge in [-0.05, 0) is 72.7 Å². The van der Waals surface area contributed by atoms with E-state index < -0.39 is 23.7 Å². The van der Waals surface area contributed by atoms with Crippen LogP contribution in [-0.4, -0.2) is 24.5 Å². The standard InChI is InChI=1S/C33H29FO6/c1-6-31(35)38-18-24-10-8-21-7-9-23(15-29(21)24)28-12-11-22(16-30(28)34)25-13-26(39-32(36)19(2)3)17-27(14-25)40-33(37)20(4)5/h6-7,9,11-17,24H,1-2,4,8,10,18H2,3,5H3. The molecule has 204 valence electrons. The van der Waals surface area contributed by atoms with Gasteiger partial charge in [-0.1, -0.05) is 50.1 Å². The molecular formula is C33H29FO6. The van der Waals surface area contributed by atoms with Crippen molar-refractivity contribution in [3.8, 4) is 33.8 Å². The number of hydrogen-bond acceptors (Lipinski definition) is 6. The second kappa shape index (κ2) is 11.9. The van der Waals surface area contributed by atoms with E-state index in [1.54, 1.807) is 24.3 Å². The largest absolute Gasteiger partial charge is 0.462 e. The van der Waals surface area contributed by atoms with E-state index in [0.717, 1.165) is 30.0 Å². The molecule has 3 aromatic rings. The lowest BCUT2D eigenvalue weighted by molar-refractivity contribution is -0.138. The normalized spacial score (nSPS) is 13.6. The summed E-state index contributed by atoms with van der Waals surface area (Å²) in [7, 11) is 0. The van der Waals surface area contributed by atoms with Crippen molar-refractivity contribution in [1.29, 1.82) is 0 Å². The van der Waals surface area contributed by atoms with E-state index in [9.17, 15) is 14.4 Å². The minimum atomic E-state index is -0.648. The van der Waals surface area contributed by atoms with Gasteiger partial charge in [0.25, 0.3) is 0 Å². The zero-order chi connectivity index (χ0) is 29.0. The van der Waals surface area contributed by atoms with Crippen LogP contribution in [0.4, 0.5) is 4.39 Å². The molecule has 0 aromatic heterocycles. The molecule has 0 heterocycles. The second-order valence-electron chi connectivity index (χ2n) is 9.71. The highest BCUT2D eigenvalue weighted by Gasteiger charge is 2.24. The summed E-state index contributed by atoms with van der Waals surface area (Å²) in [5.41, 5.74) is 4.63. The Morgan fingerprint density at radius 1 is 0.875 bits per heavy atom. The molecule has 1 aliphatic rings. The number of esters is 3. The van der Waals surface area contributed by atoms with Crippen molar-refractivity contribution in [3.05, 3.63) is 109 Å². The van der Waals surface area contributed by atoms with E-state index in [-0.39, 0.29) is 35.2 Å². The van der Waals surface area contributed by atoms with Crippen LogP contribution >= 0.6 is 0 Å². The highest BCUT2D eigenvalue weighted by molar-refractivity contribution is 5.90. The molecule has 0 fully saturated rings. The maximum absolute atomic E-state index is 15.5. The number of carbonyl (C=O) groups is 3. The molecule has 3 aromatic carbocycles. The molecule has 1 aliphatic carbocycles. The van der Waals surface area contributed by atoms with E-state index in [4.69, 9.17) is 14.2 Å². The predicted molar refractivity (Wildman–Crippen MR) is 150 cm³/mol. The number of fused-ring (bicyclic) bond motifs is 1. The Bertz CT molecular complexity index is 1500. The molecule has 4 rings (SSSR count). The Morgan fingerprint density at radius 3 is 2.08 bits per heavy atom. The van der Waals surface area contributed by atoms with Gasteiger partial charge in [0, 0.05) is 34.8 Å². The Hall–Kier alpha value is -4.78. The summed E-state index contributed by atoms with van der Waals surface area (Å²) in [4.78, 5) is 35.8. The average molecular weight is 541 g/mol. The van der Waals surface area contributed by atoms with Crippen LogP contribution in [-0.2, 0) is 25.5 Å². The summed E-state index contributed by atoms with van der Waals surface area (Å²) in [5.74, 6) is -1.97. The van der Waals surface area contributed by atoms with Crippen LogP contribution in [0.2, 0.25) is 0 Å². The first kappa shape index (κ1) is 28.2. The van der Waals surface area contributed by atoms with Crippen molar-refractivity contribution < 1.29 is 33.0 Å². The number of halogens is 1. The van der Waals surface area contributed by atoms with Gasteiger partial charge in [-0.15, -0.1) is 0 Å². The van der Waals surface area contributed by atoms with Gasteiger partial charge in [0.2, 0.25) is 0 Å². The zero-order valence-corrected chi connectivity index (χ0v) is 22.4. The van der Waals surface area contributed by atoms with Crippen LogP contribution in [0.1, 0.15) is 37.3 Å². The predicted octanol–water partition coefficient (Wildman–Crippen LogP) is 6.88. The van der Waals surface area contributed by atoms with E-state index in [1.807, 2.05) is 18.2 Å². The first-order valence-electron chi connectivity index (χ1n) is 12.7. The van der Waals surface area contributed by atoms with Gasteiger partial charge in [0.15, 0.2) is 0 Å². The summed E-state index contributed by atoms with van der Waals surface area (Å²) in [6, 6.07) is 15.1. The number of hydrogen-bond donors (Lipinski definition) is 0. The number of benzene rings is 3. The Morgan fingerprint density at radius 2 is 1.50 bits per heavy atom. The molecule has 0 spiro atoms. The minimum Gasteiger partial charge on any atom is -0.462 e. The first-order valence-corrected chi connectivity index (χ1v) is 12.7. The van der Waals surface area contributed by atoms with E-state index in [1.165, 1.54) is 26.0 Å². The fourth-order valence-electron chi connectivity index (χ4n) is 4.44. The van der Waals surface area contributed by atoms with Crippen LogP contribution in [0.25, 0.3) is 22.3 Å². The lowest BCUT2D eigenvalue weighted by atomic mass is 9.95. The average Bonchev–Trinajstić information content (AvgIpc) is 3.33. The van der Waals surface area contributed by atoms with Gasteiger partial charge in [-0.3, -0.25) is 0 Å². The van der Waals surface area contributed by atoms with Crippen molar-refractivity contribution >= 4 is 17.9 Å². The maximum atomic E-state index is 15.5. The van der Waals surface area contributed by atoms with Crippen molar-refractivity contribution in [2.75, 3.05) is 6.61 Å². The van der Waals surface area contributed by atoms with E-state index in [0.29, 0.717) is 22.3 Å². The quantitative estimate of drug-likeness (QED) is 0.167. The van der Waals surface area contributed by atoms with E-state index >= 15 is 4.39 Å². The molecule has 0 saturated carbocycles. The third kappa shape index (κ3) is 6.43. The number of rotatable bonds is 9. The first-order chi connectivity index (χ1) is 19.0. The summed E-state index contributed by atoms with van der Waals surface area (Å²) in [6.45, 7) is 13.8. The maximum Gasteiger partial charge on any atom is 0.338 e. The molecule has 7 heteroatoms. The molecule has 40 heavy (non-hydrogen) atoms. The monoisotopic (exact) mass is 540 g/mol. The molecule has 0 bridgehead atoms. The summed E-state index contributed by atoms with van der Waals surface area (Å²) in [5, 5.41) is 0. The second-order valence-corrected chi connectivity index (χ2v) is 9.71. The fraction of sp³-hybridized carbons (Fsp3) is 0.182. The van der Waals surface area contributed by atoms with Crippen LogP contribution in [0.15, 0.2) is 91.6 Å². The molecule has 0 saturated heterocycles. The third-order valence-electron chi connectivity index (χ3n) is 6.55. The van der Waals surface area contributed by atoms with Crippen molar-refractivity contribution in [3.63, 3.8) is 0 Å². The van der Waals surface area contributed by atoms with E-state index in [2.05, 4.69) is 19.7 Å². The summed E-state index contributed by atoms with van der Waals surface area (Å²) < 4.78 is 31.5. The molecule has 1 atom stereocenters. The van der Waals surface area contributed by atoms with Crippen LogP contribution < -0.4 is 9.47 Å². The Balaban J connectivity index is 1.66. The number of ether oxygens (including phenoxy) is 3. The van der Waals surface area contributed by atoms with Crippen LogP contribution in [0.3, 0.4) is 0 Å². The third-order valence-corrected chi connectivity index (χ3v) is 6.55. The van der Waals surface area contributed by atoms with Gasteiger partial charge < -0.3 is 14.2 Å². The fourth-order valence-corrected chi connectivity index (χ4v) is 4.44. The Kier molecular flexibility index (Phi) is 8.43. The van der Waals surface area contributed by atoms with Crippen molar-refractivity contribution in [1.82, 2.24) is 0 Å². The molecule has 0 radical (unpaired) electrons. The summed E-state index contributed by atoms with van der Waals surface area (Å²) >= 11 is 0. The van der Waals surface area contributed by atoms with Gasteiger partial charge in [-0.2, -0.15) is 0 Å². The van der Waals surface area contributed by atoms with Gasteiger partial charge >= 0.3 is 17.9 Å². The minimum absolute atomic E-state index is 0.0335. The summed E-state index contributed by atoms with van der Waals surface area (Å²) in [6.07, 6.45) is 2.84. The van der Waals surface area contributed by atoms with Gasteiger partial charge in [0.05, 0.1) is 6.61 Å². The van der Waals surface area contributed by atoms with Gasteiger partial charge in [-0.25, -0.2) is 18.8 Å². The highest BCUT2D eigenvalue weighted by atomic mass is 19.1. The molecule has 0 amide bonds. The lowest BCUT2D eigenvalue weighted by Gasteiger charge is -2.14. The smallest absolute Gasteiger partial charge is 0.338 e. The zero-order valence-electron chi connectivity index (χ0n) is 22.4. The SMILES string of the molecule is C=CC(=O)OCC1CCc2ccc(-c3ccc(-c4cc(OC(=O)C(=C)C)cc(OC(=O)C(=C)C)c4)cc3F)cc21. The van der Waals surface area contributed by atoms with Crippen LogP contribution in [0.5, 0.6) is 11.5 Å². The molecule has 6 nitrogen and oxygen atoms in total.